The van der Waals surface area contributed by atoms with E-state index in [9.17, 15) is 4.79 Å². The second-order valence-corrected chi connectivity index (χ2v) is 9.38. The van der Waals surface area contributed by atoms with Gasteiger partial charge in [0.25, 0.3) is 0 Å². The number of hydrogen-bond acceptors (Lipinski definition) is 7. The second-order valence-electron chi connectivity index (χ2n) is 8.37. The average molecular weight is 468 g/mol. The van der Waals surface area contributed by atoms with Crippen LogP contribution in [0.25, 0.3) is 10.2 Å². The summed E-state index contributed by atoms with van der Waals surface area (Å²) in [5, 5.41) is 0.769. The number of hydrogen-bond donors (Lipinski definition) is 0. The van der Waals surface area contributed by atoms with Crippen molar-refractivity contribution in [1.29, 1.82) is 0 Å². The lowest BCUT2D eigenvalue weighted by Gasteiger charge is -2.27. The van der Waals surface area contributed by atoms with E-state index in [1.807, 2.05) is 23.1 Å². The summed E-state index contributed by atoms with van der Waals surface area (Å²) in [4.78, 5) is 22.6. The van der Waals surface area contributed by atoms with Gasteiger partial charge in [0.05, 0.1) is 29.9 Å². The number of anilines is 1. The number of nitrogens with zero attached hydrogens (tertiary/aromatic N) is 3. The third-order valence-electron chi connectivity index (χ3n) is 6.13. The van der Waals surface area contributed by atoms with Crippen LogP contribution in [0.1, 0.15) is 24.5 Å². The van der Waals surface area contributed by atoms with Gasteiger partial charge in [-0.2, -0.15) is 0 Å². The highest BCUT2D eigenvalue weighted by atomic mass is 32.1. The molecule has 1 saturated heterocycles. The zero-order valence-electron chi connectivity index (χ0n) is 18.9. The summed E-state index contributed by atoms with van der Waals surface area (Å²) in [5.74, 6) is 1.48. The quantitative estimate of drug-likeness (QED) is 0.501. The summed E-state index contributed by atoms with van der Waals surface area (Å²) in [6.45, 7) is 7.43. The van der Waals surface area contributed by atoms with E-state index in [2.05, 4.69) is 30.0 Å². The number of carbonyl (C=O) groups is 1. The molecule has 1 aromatic heterocycles. The van der Waals surface area contributed by atoms with Crippen molar-refractivity contribution in [2.45, 2.75) is 26.2 Å². The third-order valence-corrected chi connectivity index (χ3v) is 7.18. The highest BCUT2D eigenvalue weighted by Crippen LogP contribution is 2.34. The van der Waals surface area contributed by atoms with Gasteiger partial charge in [0.1, 0.15) is 0 Å². The summed E-state index contributed by atoms with van der Waals surface area (Å²) in [6.07, 6.45) is 2.17. The number of carbonyl (C=O) groups excluding carboxylic acids is 1. The van der Waals surface area contributed by atoms with Gasteiger partial charge < -0.3 is 14.2 Å². The molecule has 0 aliphatic carbocycles. The summed E-state index contributed by atoms with van der Waals surface area (Å²) >= 11 is 1.60. The van der Waals surface area contributed by atoms with Gasteiger partial charge >= 0.3 is 0 Å². The van der Waals surface area contributed by atoms with Gasteiger partial charge in [0, 0.05) is 26.2 Å². The molecular weight excluding hydrogens is 438 g/mol. The van der Waals surface area contributed by atoms with Crippen LogP contribution in [0.15, 0.2) is 36.4 Å². The van der Waals surface area contributed by atoms with E-state index in [0.717, 1.165) is 72.4 Å². The maximum Gasteiger partial charge on any atom is 0.233 e. The fourth-order valence-electron chi connectivity index (χ4n) is 4.22. The van der Waals surface area contributed by atoms with E-state index in [1.54, 1.807) is 11.3 Å². The fraction of sp³-hybridized carbons (Fsp3) is 0.440. The van der Waals surface area contributed by atoms with Crippen molar-refractivity contribution in [2.75, 3.05) is 51.1 Å². The van der Waals surface area contributed by atoms with Crippen molar-refractivity contribution in [3.05, 3.63) is 47.5 Å². The Morgan fingerprint density at radius 3 is 2.76 bits per heavy atom. The Balaban J connectivity index is 1.34. The number of amides is 1. The van der Waals surface area contributed by atoms with Crippen molar-refractivity contribution in [3.8, 4) is 11.5 Å². The topological polar surface area (TPSA) is 64.1 Å². The van der Waals surface area contributed by atoms with Crippen LogP contribution >= 0.6 is 11.3 Å². The number of fused-ring (bicyclic) bond motifs is 2. The molecule has 2 aromatic carbocycles. The average Bonchev–Trinajstić information content (AvgIpc) is 3.48. The first-order valence-electron chi connectivity index (χ1n) is 11.6. The van der Waals surface area contributed by atoms with E-state index in [0.29, 0.717) is 18.7 Å². The number of rotatable bonds is 8. The Labute approximate surface area is 197 Å². The molecular formula is C25H29N3O4S. The van der Waals surface area contributed by atoms with Crippen LogP contribution < -0.4 is 14.4 Å². The van der Waals surface area contributed by atoms with Gasteiger partial charge in [0.15, 0.2) is 16.6 Å². The van der Waals surface area contributed by atoms with Gasteiger partial charge in [-0.25, -0.2) is 4.98 Å². The zero-order valence-corrected chi connectivity index (χ0v) is 19.7. The molecule has 3 aromatic rings. The SMILES string of the molecule is CCc1ccc2nc(N(CCCN3CCOCC3)C(=O)Cc3ccc4c(c3)OCO4)sc2c1. The van der Waals surface area contributed by atoms with Crippen LogP contribution in [0.3, 0.4) is 0 Å². The largest absolute Gasteiger partial charge is 0.454 e. The number of ether oxygens (including phenoxy) is 3. The Morgan fingerprint density at radius 1 is 1.09 bits per heavy atom. The number of aromatic nitrogens is 1. The minimum Gasteiger partial charge on any atom is -0.454 e. The zero-order chi connectivity index (χ0) is 22.6. The second kappa shape index (κ2) is 10.1. The van der Waals surface area contributed by atoms with Crippen LogP contribution in [0.5, 0.6) is 11.5 Å². The molecule has 5 rings (SSSR count). The lowest BCUT2D eigenvalue weighted by molar-refractivity contribution is -0.118. The first-order chi connectivity index (χ1) is 16.2. The van der Waals surface area contributed by atoms with Crippen molar-refractivity contribution >= 4 is 32.6 Å². The van der Waals surface area contributed by atoms with Crippen LogP contribution in [0, 0.1) is 0 Å². The van der Waals surface area contributed by atoms with Crippen molar-refractivity contribution in [1.82, 2.24) is 9.88 Å². The fourth-order valence-corrected chi connectivity index (χ4v) is 5.29. The molecule has 0 unspecified atom stereocenters. The predicted octanol–water partition coefficient (Wildman–Crippen LogP) is 3.89. The van der Waals surface area contributed by atoms with E-state index in [1.165, 1.54) is 5.56 Å². The molecule has 1 amide bonds. The molecule has 0 atom stereocenters. The summed E-state index contributed by atoms with van der Waals surface area (Å²) in [6, 6.07) is 12.1. The highest BCUT2D eigenvalue weighted by molar-refractivity contribution is 7.22. The van der Waals surface area contributed by atoms with Gasteiger partial charge in [-0.1, -0.05) is 30.4 Å². The molecule has 2 aliphatic rings. The van der Waals surface area contributed by atoms with Crippen LogP contribution in [0.4, 0.5) is 5.13 Å². The van der Waals surface area contributed by atoms with E-state index < -0.39 is 0 Å². The van der Waals surface area contributed by atoms with Gasteiger partial charge in [0.2, 0.25) is 12.7 Å². The van der Waals surface area contributed by atoms with Crippen LogP contribution in [-0.4, -0.2) is 62.0 Å². The predicted molar refractivity (Wildman–Crippen MR) is 129 cm³/mol. The third kappa shape index (κ3) is 5.13. The summed E-state index contributed by atoms with van der Waals surface area (Å²) in [5.41, 5.74) is 3.14. The smallest absolute Gasteiger partial charge is 0.233 e. The van der Waals surface area contributed by atoms with Crippen LogP contribution in [-0.2, 0) is 22.4 Å². The first-order valence-corrected chi connectivity index (χ1v) is 12.4. The van der Waals surface area contributed by atoms with Crippen molar-refractivity contribution in [3.63, 3.8) is 0 Å². The molecule has 7 nitrogen and oxygen atoms in total. The van der Waals surface area contributed by atoms with E-state index >= 15 is 0 Å². The molecule has 3 heterocycles. The summed E-state index contributed by atoms with van der Waals surface area (Å²) in [7, 11) is 0. The van der Waals surface area contributed by atoms with E-state index in [4.69, 9.17) is 19.2 Å². The molecule has 0 bridgehead atoms. The van der Waals surface area contributed by atoms with E-state index in [-0.39, 0.29) is 12.7 Å². The molecule has 0 saturated carbocycles. The molecule has 0 radical (unpaired) electrons. The van der Waals surface area contributed by atoms with Gasteiger partial charge in [-0.3, -0.25) is 14.6 Å². The number of aryl methyl sites for hydroxylation is 1. The van der Waals surface area contributed by atoms with Gasteiger partial charge in [-0.15, -0.1) is 0 Å². The Bertz CT molecular complexity index is 1130. The van der Waals surface area contributed by atoms with Gasteiger partial charge in [-0.05, 0) is 48.2 Å². The molecule has 1 fully saturated rings. The lowest BCUT2D eigenvalue weighted by Crippen LogP contribution is -2.39. The Morgan fingerprint density at radius 2 is 1.91 bits per heavy atom. The molecule has 8 heteroatoms. The standard InChI is InChI=1S/C25H29N3O4S/c1-2-18-4-6-20-23(15-18)33-25(26-20)28(9-3-8-27-10-12-30-13-11-27)24(29)16-19-5-7-21-22(14-19)32-17-31-21/h4-7,14-15H,2-3,8-13,16-17H2,1H3. The Kier molecular flexibility index (Phi) is 6.75. The first kappa shape index (κ1) is 22.1. The minimum absolute atomic E-state index is 0.0469. The number of thiazole rings is 1. The molecule has 0 spiro atoms. The highest BCUT2D eigenvalue weighted by Gasteiger charge is 2.22. The molecule has 174 valence electrons. The minimum atomic E-state index is 0.0469. The van der Waals surface area contributed by atoms with Crippen LogP contribution in [0.2, 0.25) is 0 Å². The molecule has 0 N–H and O–H groups in total. The number of benzene rings is 2. The maximum absolute atomic E-state index is 13.5. The van der Waals surface area contributed by atoms with Crippen molar-refractivity contribution in [2.24, 2.45) is 0 Å². The molecule has 33 heavy (non-hydrogen) atoms. The monoisotopic (exact) mass is 467 g/mol. The summed E-state index contributed by atoms with van der Waals surface area (Å²) < 4.78 is 17.5. The van der Waals surface area contributed by atoms with Crippen molar-refractivity contribution < 1.29 is 19.0 Å². The lowest BCUT2D eigenvalue weighted by atomic mass is 10.1. The molecule has 2 aliphatic heterocycles. The maximum atomic E-state index is 13.5. The number of morpholine rings is 1. The Hall–Kier alpha value is -2.68. The normalized spacial score (nSPS) is 15.8.